The van der Waals surface area contributed by atoms with Crippen LogP contribution in [0, 0.1) is 0 Å². The van der Waals surface area contributed by atoms with Crippen LogP contribution in [-0.4, -0.2) is 71.9 Å². The number of hydrogen-bond donors (Lipinski definition) is 2. The van der Waals surface area contributed by atoms with E-state index in [9.17, 15) is 0 Å². The van der Waals surface area contributed by atoms with E-state index in [0.717, 1.165) is 0 Å². The van der Waals surface area contributed by atoms with Crippen molar-refractivity contribution in [2.24, 2.45) is 0 Å². The van der Waals surface area contributed by atoms with Gasteiger partial charge in [0.15, 0.2) is 0 Å². The molecule has 0 radical (unpaired) electrons. The molecule has 0 unspecified atom stereocenters. The third-order valence-corrected chi connectivity index (χ3v) is 0. The Kier molecular flexibility index (Phi) is 25.1. The first kappa shape index (κ1) is 22.5. The molecular formula is H6BaFeO5S. The monoisotopic (exact) mass is 312 g/mol. The summed E-state index contributed by atoms with van der Waals surface area (Å²) in [5.41, 5.74) is 0. The maximum Gasteiger partial charge on any atom is 2.00 e. The van der Waals surface area contributed by atoms with Crippen LogP contribution in [0.25, 0.3) is 0 Å². The van der Waals surface area contributed by atoms with E-state index < -0.39 is 10.4 Å². The molecule has 0 heterocycles. The molecule has 0 aliphatic carbocycles. The molecule has 0 spiro atoms. The van der Waals surface area contributed by atoms with Gasteiger partial charge in [0.25, 0.3) is 0 Å². The van der Waals surface area contributed by atoms with Gasteiger partial charge in [0.2, 0.25) is 0 Å². The summed E-state index contributed by atoms with van der Waals surface area (Å²) in [4.78, 5) is 0. The van der Waals surface area contributed by atoms with Crippen LogP contribution in [0.5, 0.6) is 0 Å². The molecule has 0 rings (SSSR count). The predicted octanol–water partition coefficient (Wildman–Crippen LogP) is -1.64. The van der Waals surface area contributed by atoms with Crippen molar-refractivity contribution in [2.45, 2.75) is 0 Å². The van der Waals surface area contributed by atoms with E-state index in [1.165, 1.54) is 0 Å². The molecule has 4 N–H and O–H groups in total. The van der Waals surface area contributed by atoms with Crippen LogP contribution in [0.3, 0.4) is 0 Å². The van der Waals surface area contributed by atoms with E-state index in [4.69, 9.17) is 17.5 Å². The zero-order valence-corrected chi connectivity index (χ0v) is 10.0. The molecule has 0 fully saturated rings. The first-order valence-electron chi connectivity index (χ1n) is 0.698. The van der Waals surface area contributed by atoms with Crippen LogP contribution in [0.4, 0.5) is 0 Å². The average molecular weight is 311 g/mol. The predicted molar refractivity (Wildman–Crippen MR) is 25.8 cm³/mol. The minimum Gasteiger partial charge on any atom is -1.00 e. The smallest absolute Gasteiger partial charge is 1.00 e. The molecular weight excluding hydrogens is 305 g/mol. The fourth-order valence-corrected chi connectivity index (χ4v) is 0. The van der Waals surface area contributed by atoms with Crippen LogP contribution < -0.4 is 0 Å². The van der Waals surface area contributed by atoms with E-state index in [-0.39, 0.29) is 74.3 Å². The Balaban J connectivity index is -0.00000000800. The van der Waals surface area contributed by atoms with Crippen LogP contribution in [0.15, 0.2) is 0 Å². The van der Waals surface area contributed by atoms with Gasteiger partial charge in [-0.1, -0.05) is 0 Å². The summed E-state index contributed by atoms with van der Waals surface area (Å²) in [5.74, 6) is 0. The third-order valence-electron chi connectivity index (χ3n) is 0. The van der Waals surface area contributed by atoms with Crippen molar-refractivity contribution in [3.8, 4) is 0 Å². The number of rotatable bonds is 0. The molecule has 0 aromatic carbocycles. The van der Waals surface area contributed by atoms with E-state index >= 15 is 0 Å². The molecule has 0 bridgehead atoms. The van der Waals surface area contributed by atoms with Crippen LogP contribution in [0.2, 0.25) is 0 Å². The molecule has 0 aliphatic rings. The van der Waals surface area contributed by atoms with Crippen LogP contribution in [-0.2, 0) is 27.5 Å². The van der Waals surface area contributed by atoms with Crippen molar-refractivity contribution < 1.29 is 42.9 Å². The maximum atomic E-state index is 8.74. The van der Waals surface area contributed by atoms with Gasteiger partial charge in [-0.3, -0.25) is 9.11 Å². The summed E-state index contributed by atoms with van der Waals surface area (Å²) in [7, 11) is -4.67. The van der Waals surface area contributed by atoms with Crippen molar-refractivity contribution >= 4 is 59.3 Å². The Morgan fingerprint density at radius 2 is 1.25 bits per heavy atom. The van der Waals surface area contributed by atoms with Crippen molar-refractivity contribution in [1.82, 2.24) is 0 Å². The Labute approximate surface area is 101 Å². The SMILES string of the molecule is O.O=S(=O)(O)O.[Ba+2].[Fe].[H-].[H-]. The van der Waals surface area contributed by atoms with Gasteiger partial charge in [-0.25, -0.2) is 0 Å². The second kappa shape index (κ2) is 8.92. The Hall–Kier alpha value is 1.92. The van der Waals surface area contributed by atoms with E-state index in [0.29, 0.717) is 0 Å². The standard InChI is InChI=1S/Ba.Fe.H2O4S.H2O.2H/c;;1-5(2,3)4;;;/h;;(H2,1,2,3,4);1H2;;/q+2;;;;2*-1. The Morgan fingerprint density at radius 1 is 1.25 bits per heavy atom. The zero-order valence-electron chi connectivity index (χ0n) is 5.68. The minimum atomic E-state index is -4.67. The van der Waals surface area contributed by atoms with Crippen molar-refractivity contribution in [1.29, 1.82) is 0 Å². The minimum absolute atomic E-state index is 0. The van der Waals surface area contributed by atoms with Gasteiger partial charge >= 0.3 is 59.3 Å². The summed E-state index contributed by atoms with van der Waals surface area (Å²) in [6.45, 7) is 0. The van der Waals surface area contributed by atoms with Crippen LogP contribution in [0.1, 0.15) is 2.85 Å². The van der Waals surface area contributed by atoms with Gasteiger partial charge < -0.3 is 8.33 Å². The van der Waals surface area contributed by atoms with Crippen molar-refractivity contribution in [3.05, 3.63) is 0 Å². The summed E-state index contributed by atoms with van der Waals surface area (Å²) in [6, 6.07) is 0. The molecule has 0 aliphatic heterocycles. The molecule has 52 valence electrons. The van der Waals surface area contributed by atoms with Gasteiger partial charge in [-0.2, -0.15) is 8.42 Å². The topological polar surface area (TPSA) is 106 Å². The van der Waals surface area contributed by atoms with E-state index in [2.05, 4.69) is 0 Å². The molecule has 0 atom stereocenters. The molecule has 0 saturated heterocycles. The van der Waals surface area contributed by atoms with Gasteiger partial charge in [-0.05, 0) is 0 Å². The van der Waals surface area contributed by atoms with Crippen LogP contribution >= 0.6 is 0 Å². The Bertz CT molecular complexity index is 103. The molecule has 0 saturated carbocycles. The van der Waals surface area contributed by atoms with Gasteiger partial charge in [-0.15, -0.1) is 0 Å². The first-order chi connectivity index (χ1) is 2.00. The van der Waals surface area contributed by atoms with E-state index in [1.807, 2.05) is 0 Å². The second-order valence-corrected chi connectivity index (χ2v) is 1.34. The Morgan fingerprint density at radius 3 is 1.25 bits per heavy atom. The molecule has 8 heteroatoms. The third kappa shape index (κ3) is 103. The van der Waals surface area contributed by atoms with Gasteiger partial charge in [0.05, 0.1) is 0 Å². The number of hydrogen-bond acceptors (Lipinski definition) is 2. The van der Waals surface area contributed by atoms with Crippen molar-refractivity contribution in [2.75, 3.05) is 0 Å². The van der Waals surface area contributed by atoms with Gasteiger partial charge in [0.1, 0.15) is 0 Å². The summed E-state index contributed by atoms with van der Waals surface area (Å²) in [5, 5.41) is 0. The largest absolute Gasteiger partial charge is 2.00 e. The molecule has 5 nitrogen and oxygen atoms in total. The molecule has 0 aromatic heterocycles. The second-order valence-electron chi connectivity index (χ2n) is 0.448. The normalized spacial score (nSPS) is 7.25. The molecule has 0 amide bonds. The summed E-state index contributed by atoms with van der Waals surface area (Å²) >= 11 is 0. The van der Waals surface area contributed by atoms with E-state index in [1.54, 1.807) is 0 Å². The zero-order chi connectivity index (χ0) is 4.50. The average Bonchev–Trinajstić information content (AvgIpc) is 0.722. The molecule has 0 aromatic rings. The van der Waals surface area contributed by atoms with Crippen molar-refractivity contribution in [3.63, 3.8) is 0 Å². The maximum absolute atomic E-state index is 8.74. The first-order valence-corrected chi connectivity index (χ1v) is 2.10. The van der Waals surface area contributed by atoms with Gasteiger partial charge in [0, 0.05) is 17.1 Å². The quantitative estimate of drug-likeness (QED) is 0.413. The fraction of sp³-hybridized carbons (Fsp3) is 0. The summed E-state index contributed by atoms with van der Waals surface area (Å²) < 4.78 is 31.6. The summed E-state index contributed by atoms with van der Waals surface area (Å²) in [6.07, 6.45) is 0. The molecule has 8 heavy (non-hydrogen) atoms. The fourth-order valence-electron chi connectivity index (χ4n) is 0.